The van der Waals surface area contributed by atoms with Crippen LogP contribution in [0.4, 0.5) is 5.69 Å². The molecule has 0 unspecified atom stereocenters. The second-order valence-electron chi connectivity index (χ2n) is 6.75. The van der Waals surface area contributed by atoms with E-state index in [9.17, 15) is 13.2 Å². The van der Waals surface area contributed by atoms with Crippen molar-refractivity contribution in [1.82, 2.24) is 4.90 Å². The van der Waals surface area contributed by atoms with Gasteiger partial charge in [0.05, 0.1) is 23.8 Å². The summed E-state index contributed by atoms with van der Waals surface area (Å²) in [5.41, 5.74) is 2.14. The molecule has 0 aromatic heterocycles. The van der Waals surface area contributed by atoms with Crippen molar-refractivity contribution in [1.29, 1.82) is 0 Å². The second kappa shape index (κ2) is 8.51. The van der Waals surface area contributed by atoms with Gasteiger partial charge in [-0.2, -0.15) is 0 Å². The number of benzene rings is 2. The molecule has 1 saturated heterocycles. The molecule has 3 rings (SSSR count). The average molecular weight is 423 g/mol. The highest BCUT2D eigenvalue weighted by Crippen LogP contribution is 2.28. The van der Waals surface area contributed by atoms with Crippen LogP contribution in [0.5, 0.6) is 0 Å². The maximum absolute atomic E-state index is 13.3. The van der Waals surface area contributed by atoms with E-state index in [1.54, 1.807) is 47.4 Å². The number of halogens is 1. The van der Waals surface area contributed by atoms with Gasteiger partial charge in [0.2, 0.25) is 5.91 Å². The van der Waals surface area contributed by atoms with E-state index in [4.69, 9.17) is 16.3 Å². The fraction of sp³-hybridized carbons (Fsp3) is 0.350. The zero-order valence-electron chi connectivity index (χ0n) is 15.9. The molecule has 1 aliphatic heterocycles. The first-order chi connectivity index (χ1) is 13.3. The Hall–Kier alpha value is -2.09. The molecule has 28 heavy (non-hydrogen) atoms. The normalized spacial score (nSPS) is 14.8. The fourth-order valence-corrected chi connectivity index (χ4v) is 4.51. The zero-order chi connectivity index (χ0) is 20.3. The first-order valence-electron chi connectivity index (χ1n) is 9.00. The highest BCUT2D eigenvalue weighted by atomic mass is 35.5. The molecule has 1 fully saturated rings. The van der Waals surface area contributed by atoms with E-state index in [1.165, 1.54) is 0 Å². The highest BCUT2D eigenvalue weighted by Gasteiger charge is 2.29. The molecule has 0 atom stereocenters. The summed E-state index contributed by atoms with van der Waals surface area (Å²) in [6, 6.07) is 11.6. The molecule has 6 nitrogen and oxygen atoms in total. The van der Waals surface area contributed by atoms with Gasteiger partial charge in [-0.3, -0.25) is 9.10 Å². The zero-order valence-corrected chi connectivity index (χ0v) is 17.5. The van der Waals surface area contributed by atoms with Gasteiger partial charge in [-0.25, -0.2) is 8.42 Å². The summed E-state index contributed by atoms with van der Waals surface area (Å²) in [4.78, 5) is 14.5. The molecule has 1 heterocycles. The molecule has 8 heteroatoms. The van der Waals surface area contributed by atoms with E-state index < -0.39 is 10.0 Å². The van der Waals surface area contributed by atoms with Crippen LogP contribution in [0.3, 0.4) is 0 Å². The topological polar surface area (TPSA) is 66.9 Å². The second-order valence-corrected chi connectivity index (χ2v) is 9.02. The van der Waals surface area contributed by atoms with E-state index in [1.807, 2.05) is 13.8 Å². The summed E-state index contributed by atoms with van der Waals surface area (Å²) in [6.45, 7) is 5.23. The van der Waals surface area contributed by atoms with E-state index in [2.05, 4.69) is 0 Å². The Balaban J connectivity index is 1.99. The quantitative estimate of drug-likeness (QED) is 0.742. The number of ether oxygens (including phenoxy) is 1. The lowest BCUT2D eigenvalue weighted by atomic mass is 10.2. The summed E-state index contributed by atoms with van der Waals surface area (Å²) >= 11 is 6.23. The third-order valence-electron chi connectivity index (χ3n) is 4.70. The number of morpholine rings is 1. The maximum atomic E-state index is 13.3. The Kier molecular flexibility index (Phi) is 6.27. The molecule has 0 saturated carbocycles. The van der Waals surface area contributed by atoms with E-state index in [-0.39, 0.29) is 17.3 Å². The first-order valence-corrected chi connectivity index (χ1v) is 10.8. The summed E-state index contributed by atoms with van der Waals surface area (Å²) in [5.74, 6) is -0.268. The van der Waals surface area contributed by atoms with Crippen LogP contribution >= 0.6 is 11.6 Å². The molecular weight excluding hydrogens is 400 g/mol. The van der Waals surface area contributed by atoms with Crippen molar-refractivity contribution in [2.75, 3.05) is 37.2 Å². The fourth-order valence-electron chi connectivity index (χ4n) is 2.93. The number of anilines is 1. The summed E-state index contributed by atoms with van der Waals surface area (Å²) < 4.78 is 33.1. The number of nitrogens with zero attached hydrogens (tertiary/aromatic N) is 2. The molecule has 150 valence electrons. The number of hydrogen-bond donors (Lipinski definition) is 0. The lowest BCUT2D eigenvalue weighted by Crippen LogP contribution is -2.47. The maximum Gasteiger partial charge on any atom is 0.264 e. The Morgan fingerprint density at radius 1 is 1.11 bits per heavy atom. The Morgan fingerprint density at radius 3 is 2.36 bits per heavy atom. The molecule has 1 amide bonds. The largest absolute Gasteiger partial charge is 0.378 e. The first kappa shape index (κ1) is 20.6. The number of rotatable bonds is 5. The van der Waals surface area contributed by atoms with Gasteiger partial charge in [0, 0.05) is 18.1 Å². The lowest BCUT2D eigenvalue weighted by Gasteiger charge is -2.30. The molecule has 0 N–H and O–H groups in total. The molecule has 0 bridgehead atoms. The standard InChI is InChI=1S/C20H23ClN2O4S/c1-15-3-7-18(8-4-15)28(25,26)23(17-6-5-16(2)19(21)13-17)14-20(24)22-9-11-27-12-10-22/h3-8,13H,9-12,14H2,1-2H3. The minimum Gasteiger partial charge on any atom is -0.378 e. The van der Waals surface area contributed by atoms with Crippen LogP contribution in [0, 0.1) is 13.8 Å². The van der Waals surface area contributed by atoms with Gasteiger partial charge in [0.25, 0.3) is 10.0 Å². The van der Waals surface area contributed by atoms with Gasteiger partial charge >= 0.3 is 0 Å². The summed E-state index contributed by atoms with van der Waals surface area (Å²) in [5, 5.41) is 0.445. The number of aryl methyl sites for hydroxylation is 2. The van der Waals surface area contributed by atoms with E-state index in [0.717, 1.165) is 15.4 Å². The van der Waals surface area contributed by atoms with Crippen molar-refractivity contribution in [3.63, 3.8) is 0 Å². The molecule has 0 radical (unpaired) electrons. The van der Waals surface area contributed by atoms with Gasteiger partial charge in [-0.15, -0.1) is 0 Å². The molecule has 0 aliphatic carbocycles. The van der Waals surface area contributed by atoms with Crippen molar-refractivity contribution in [2.45, 2.75) is 18.7 Å². The molecule has 1 aliphatic rings. The van der Waals surface area contributed by atoms with Crippen LogP contribution in [-0.2, 0) is 19.6 Å². The Bertz CT molecular complexity index is 955. The van der Waals surface area contributed by atoms with Crippen LogP contribution in [-0.4, -0.2) is 52.1 Å². The number of carbonyl (C=O) groups is 1. The number of hydrogen-bond acceptors (Lipinski definition) is 4. The minimum atomic E-state index is -3.94. The van der Waals surface area contributed by atoms with Crippen molar-refractivity contribution < 1.29 is 17.9 Å². The smallest absolute Gasteiger partial charge is 0.264 e. The summed E-state index contributed by atoms with van der Waals surface area (Å²) in [6.07, 6.45) is 0. The number of carbonyl (C=O) groups excluding carboxylic acids is 1. The van der Waals surface area contributed by atoms with Crippen LogP contribution in [0.25, 0.3) is 0 Å². The van der Waals surface area contributed by atoms with Gasteiger partial charge in [-0.05, 0) is 43.7 Å². The summed E-state index contributed by atoms with van der Waals surface area (Å²) in [7, 11) is -3.94. The Labute approximate surface area is 170 Å². The monoisotopic (exact) mass is 422 g/mol. The minimum absolute atomic E-state index is 0.129. The number of sulfonamides is 1. The van der Waals surface area contributed by atoms with Gasteiger partial charge < -0.3 is 9.64 Å². The predicted molar refractivity (Wildman–Crippen MR) is 109 cm³/mol. The van der Waals surface area contributed by atoms with E-state index >= 15 is 0 Å². The third-order valence-corrected chi connectivity index (χ3v) is 6.89. The van der Waals surface area contributed by atoms with Crippen molar-refractivity contribution in [2.24, 2.45) is 0 Å². The lowest BCUT2D eigenvalue weighted by molar-refractivity contribution is -0.133. The highest BCUT2D eigenvalue weighted by molar-refractivity contribution is 7.92. The molecule has 0 spiro atoms. The average Bonchev–Trinajstić information content (AvgIpc) is 2.69. The predicted octanol–water partition coefficient (Wildman–Crippen LogP) is 3.01. The van der Waals surface area contributed by atoms with Crippen molar-refractivity contribution >= 4 is 33.2 Å². The molecule has 2 aromatic rings. The number of amides is 1. The van der Waals surface area contributed by atoms with Crippen molar-refractivity contribution in [3.8, 4) is 0 Å². The molecular formula is C20H23ClN2O4S. The van der Waals surface area contributed by atoms with Gasteiger partial charge in [-0.1, -0.05) is 35.4 Å². The third kappa shape index (κ3) is 4.48. The van der Waals surface area contributed by atoms with Crippen LogP contribution < -0.4 is 4.31 Å². The van der Waals surface area contributed by atoms with Crippen LogP contribution in [0.1, 0.15) is 11.1 Å². The Morgan fingerprint density at radius 2 is 1.75 bits per heavy atom. The van der Waals surface area contributed by atoms with Gasteiger partial charge in [0.1, 0.15) is 6.54 Å². The SMILES string of the molecule is Cc1ccc(S(=O)(=O)N(CC(=O)N2CCOCC2)c2ccc(C)c(Cl)c2)cc1. The van der Waals surface area contributed by atoms with Crippen LogP contribution in [0.2, 0.25) is 5.02 Å². The van der Waals surface area contributed by atoms with Crippen molar-refractivity contribution in [3.05, 3.63) is 58.6 Å². The van der Waals surface area contributed by atoms with Gasteiger partial charge in [0.15, 0.2) is 0 Å². The van der Waals surface area contributed by atoms with E-state index in [0.29, 0.717) is 37.0 Å². The van der Waals surface area contributed by atoms with Crippen LogP contribution in [0.15, 0.2) is 47.4 Å². The molecule has 2 aromatic carbocycles.